The van der Waals surface area contributed by atoms with Crippen molar-refractivity contribution in [3.8, 4) is 0 Å². The lowest BCUT2D eigenvalue weighted by atomic mass is 10.2. The van der Waals surface area contributed by atoms with Crippen molar-refractivity contribution >= 4 is 22.8 Å². The molecule has 1 heterocycles. The van der Waals surface area contributed by atoms with Gasteiger partial charge in [-0.25, -0.2) is 0 Å². The van der Waals surface area contributed by atoms with E-state index in [0.717, 1.165) is 16.8 Å². The second-order valence-electron chi connectivity index (χ2n) is 3.98. The maximum absolute atomic E-state index is 5.59. The summed E-state index contributed by atoms with van der Waals surface area (Å²) in [7, 11) is 0. The molecule has 3 heteroatoms. The highest BCUT2D eigenvalue weighted by Crippen LogP contribution is 2.21. The highest BCUT2D eigenvalue weighted by molar-refractivity contribution is 5.75. The summed E-state index contributed by atoms with van der Waals surface area (Å²) in [5.74, 6) is 0. The number of para-hydroxylation sites is 2. The number of hydrogen-bond acceptors (Lipinski definition) is 3. The minimum absolute atomic E-state index is 0.525. The number of nitrogens with one attached hydrogen (secondary N) is 1. The van der Waals surface area contributed by atoms with E-state index < -0.39 is 0 Å². The average Bonchev–Trinajstić information content (AvgIpc) is 2.71. The normalized spacial score (nSPS) is 10.6. The Morgan fingerprint density at radius 1 is 1.06 bits per heavy atom. The SMILES string of the molecule is Cc1cccc(Nc2nc3ccccc3o2)c1. The quantitative estimate of drug-likeness (QED) is 0.717. The van der Waals surface area contributed by atoms with Gasteiger partial charge in [0.1, 0.15) is 5.52 Å². The Labute approximate surface area is 99.1 Å². The van der Waals surface area contributed by atoms with Crippen LogP contribution < -0.4 is 5.32 Å². The molecule has 0 radical (unpaired) electrons. The monoisotopic (exact) mass is 224 g/mol. The third kappa shape index (κ3) is 1.99. The molecule has 2 aromatic carbocycles. The molecule has 1 aromatic heterocycles. The number of anilines is 2. The van der Waals surface area contributed by atoms with Crippen LogP contribution in [-0.4, -0.2) is 4.98 Å². The van der Waals surface area contributed by atoms with E-state index in [1.165, 1.54) is 5.56 Å². The lowest BCUT2D eigenvalue weighted by Gasteiger charge is -2.01. The first kappa shape index (κ1) is 9.90. The molecule has 3 nitrogen and oxygen atoms in total. The molecule has 0 amide bonds. The molecule has 3 rings (SSSR count). The van der Waals surface area contributed by atoms with Gasteiger partial charge < -0.3 is 9.73 Å². The third-order valence-corrected chi connectivity index (χ3v) is 2.56. The Bertz CT molecular complexity index is 625. The largest absolute Gasteiger partial charge is 0.423 e. The summed E-state index contributed by atoms with van der Waals surface area (Å²) in [6, 6.07) is 16.3. The van der Waals surface area contributed by atoms with E-state index >= 15 is 0 Å². The van der Waals surface area contributed by atoms with Crippen LogP contribution in [0.2, 0.25) is 0 Å². The Kier molecular flexibility index (Phi) is 2.29. The summed E-state index contributed by atoms with van der Waals surface area (Å²) in [5.41, 5.74) is 3.84. The summed E-state index contributed by atoms with van der Waals surface area (Å²) >= 11 is 0. The second kappa shape index (κ2) is 3.94. The Hall–Kier alpha value is -2.29. The molecule has 17 heavy (non-hydrogen) atoms. The number of fused-ring (bicyclic) bond motifs is 1. The number of aryl methyl sites for hydroxylation is 1. The van der Waals surface area contributed by atoms with Crippen molar-refractivity contribution in [2.24, 2.45) is 0 Å². The van der Waals surface area contributed by atoms with Gasteiger partial charge in [0, 0.05) is 5.69 Å². The number of rotatable bonds is 2. The van der Waals surface area contributed by atoms with E-state index in [9.17, 15) is 0 Å². The van der Waals surface area contributed by atoms with Crippen molar-refractivity contribution in [2.75, 3.05) is 5.32 Å². The predicted molar refractivity (Wildman–Crippen MR) is 68.5 cm³/mol. The highest BCUT2D eigenvalue weighted by Gasteiger charge is 2.04. The van der Waals surface area contributed by atoms with Gasteiger partial charge in [-0.1, -0.05) is 24.3 Å². The average molecular weight is 224 g/mol. The first-order chi connectivity index (χ1) is 8.31. The fraction of sp³-hybridized carbons (Fsp3) is 0.0714. The fourth-order valence-electron chi connectivity index (χ4n) is 1.77. The van der Waals surface area contributed by atoms with Crippen LogP contribution >= 0.6 is 0 Å². The smallest absolute Gasteiger partial charge is 0.300 e. The van der Waals surface area contributed by atoms with Gasteiger partial charge in [0.05, 0.1) is 0 Å². The van der Waals surface area contributed by atoms with Crippen LogP contribution in [0.3, 0.4) is 0 Å². The zero-order chi connectivity index (χ0) is 11.7. The molecule has 0 fully saturated rings. The molecule has 0 aliphatic heterocycles. The van der Waals surface area contributed by atoms with E-state index in [1.54, 1.807) is 0 Å². The summed E-state index contributed by atoms with van der Waals surface area (Å²) in [6.07, 6.45) is 0. The molecule has 0 aliphatic rings. The van der Waals surface area contributed by atoms with Crippen molar-refractivity contribution < 1.29 is 4.42 Å². The van der Waals surface area contributed by atoms with Crippen molar-refractivity contribution in [1.82, 2.24) is 4.98 Å². The first-order valence-electron chi connectivity index (χ1n) is 5.50. The molecule has 0 bridgehead atoms. The maximum Gasteiger partial charge on any atom is 0.300 e. The van der Waals surface area contributed by atoms with Crippen molar-refractivity contribution in [3.05, 3.63) is 54.1 Å². The molecule has 0 spiro atoms. The summed E-state index contributed by atoms with van der Waals surface area (Å²) < 4.78 is 5.59. The summed E-state index contributed by atoms with van der Waals surface area (Å²) in [6.45, 7) is 2.05. The van der Waals surface area contributed by atoms with E-state index in [-0.39, 0.29) is 0 Å². The van der Waals surface area contributed by atoms with Gasteiger partial charge in [0.15, 0.2) is 5.58 Å². The highest BCUT2D eigenvalue weighted by atomic mass is 16.4. The van der Waals surface area contributed by atoms with Crippen LogP contribution in [0.4, 0.5) is 11.7 Å². The van der Waals surface area contributed by atoms with E-state index in [4.69, 9.17) is 4.42 Å². The fourth-order valence-corrected chi connectivity index (χ4v) is 1.77. The van der Waals surface area contributed by atoms with Gasteiger partial charge in [0.2, 0.25) is 0 Å². The van der Waals surface area contributed by atoms with Crippen molar-refractivity contribution in [2.45, 2.75) is 6.92 Å². The van der Waals surface area contributed by atoms with Crippen LogP contribution in [0.25, 0.3) is 11.1 Å². The van der Waals surface area contributed by atoms with Gasteiger partial charge in [-0.3, -0.25) is 0 Å². The molecular weight excluding hydrogens is 212 g/mol. The number of aromatic nitrogens is 1. The molecule has 0 aliphatic carbocycles. The summed E-state index contributed by atoms with van der Waals surface area (Å²) in [4.78, 5) is 4.36. The standard InChI is InChI=1S/C14H12N2O/c1-10-5-4-6-11(9-10)15-14-16-12-7-2-3-8-13(12)17-14/h2-9H,1H3,(H,15,16). The zero-order valence-electron chi connectivity index (χ0n) is 9.47. The third-order valence-electron chi connectivity index (χ3n) is 2.56. The topological polar surface area (TPSA) is 38.1 Å². The van der Waals surface area contributed by atoms with Crippen molar-refractivity contribution in [1.29, 1.82) is 0 Å². The van der Waals surface area contributed by atoms with Gasteiger partial charge in [0.25, 0.3) is 6.01 Å². The molecule has 84 valence electrons. The minimum atomic E-state index is 0.525. The predicted octanol–water partition coefficient (Wildman–Crippen LogP) is 3.88. The van der Waals surface area contributed by atoms with Gasteiger partial charge in [-0.05, 0) is 36.8 Å². The Morgan fingerprint density at radius 3 is 2.76 bits per heavy atom. The van der Waals surface area contributed by atoms with Gasteiger partial charge >= 0.3 is 0 Å². The number of hydrogen-bond donors (Lipinski definition) is 1. The number of oxazole rings is 1. The molecule has 0 atom stereocenters. The lowest BCUT2D eigenvalue weighted by molar-refractivity contribution is 0.623. The maximum atomic E-state index is 5.59. The number of benzene rings is 2. The molecule has 0 unspecified atom stereocenters. The van der Waals surface area contributed by atoms with E-state index in [1.807, 2.05) is 36.4 Å². The molecule has 0 saturated carbocycles. The van der Waals surface area contributed by atoms with Crippen LogP contribution in [0.15, 0.2) is 52.9 Å². The van der Waals surface area contributed by atoms with Gasteiger partial charge in [-0.15, -0.1) is 0 Å². The van der Waals surface area contributed by atoms with Gasteiger partial charge in [-0.2, -0.15) is 4.98 Å². The lowest BCUT2D eigenvalue weighted by Crippen LogP contribution is -1.89. The summed E-state index contributed by atoms with van der Waals surface area (Å²) in [5, 5.41) is 3.16. The van der Waals surface area contributed by atoms with Crippen LogP contribution in [0, 0.1) is 6.92 Å². The molecule has 0 saturated heterocycles. The molecular formula is C14H12N2O. The van der Waals surface area contributed by atoms with Crippen LogP contribution in [0.1, 0.15) is 5.56 Å². The molecule has 1 N–H and O–H groups in total. The van der Waals surface area contributed by atoms with Crippen LogP contribution in [-0.2, 0) is 0 Å². The van der Waals surface area contributed by atoms with Crippen LogP contribution in [0.5, 0.6) is 0 Å². The minimum Gasteiger partial charge on any atom is -0.423 e. The Morgan fingerprint density at radius 2 is 1.94 bits per heavy atom. The second-order valence-corrected chi connectivity index (χ2v) is 3.98. The van der Waals surface area contributed by atoms with E-state index in [0.29, 0.717) is 6.01 Å². The first-order valence-corrected chi connectivity index (χ1v) is 5.50. The van der Waals surface area contributed by atoms with E-state index in [2.05, 4.69) is 29.4 Å². The number of nitrogens with zero attached hydrogens (tertiary/aromatic N) is 1. The molecule has 3 aromatic rings. The Balaban J connectivity index is 1.94. The zero-order valence-corrected chi connectivity index (χ0v) is 9.47. The van der Waals surface area contributed by atoms with Crippen molar-refractivity contribution in [3.63, 3.8) is 0 Å².